The van der Waals surface area contributed by atoms with E-state index in [1.807, 2.05) is 71.9 Å². The second-order valence-electron chi connectivity index (χ2n) is 9.16. The van der Waals surface area contributed by atoms with Gasteiger partial charge in [-0.25, -0.2) is 14.4 Å². The largest absolute Gasteiger partial charge is 0.297 e. The Bertz CT molecular complexity index is 1740. The molecule has 0 spiro atoms. The van der Waals surface area contributed by atoms with E-state index in [4.69, 9.17) is 10.1 Å². The molecular weight excluding hydrogens is 478 g/mol. The minimum absolute atomic E-state index is 0.150. The molecule has 1 aliphatic carbocycles. The Balaban J connectivity index is 1.57. The number of hydrogen-bond donors (Lipinski definition) is 0. The van der Waals surface area contributed by atoms with Crippen LogP contribution in [0.4, 0.5) is 5.69 Å². The maximum absolute atomic E-state index is 13.6. The van der Waals surface area contributed by atoms with Crippen LogP contribution >= 0.6 is 11.3 Å². The number of benzene rings is 3. The fraction of sp³-hybridized carbons (Fsp3) is 0.167. The Hall–Kier alpha value is -4.23. The molecule has 0 radical (unpaired) electrons. The standard InChI is InChI=1S/C30H27N5OS/c1-21-28(29(36)35(33(21)2)24-16-7-4-8-17-24)31-30-34(27(20-37-30)23-13-5-3-6-14-23)32-26-19-11-15-22-12-9-10-18-25(22)26/h3-10,12-14,16-18,20H,11,15,19H2,1-2H3. The second kappa shape index (κ2) is 9.67. The maximum Gasteiger partial charge on any atom is 0.297 e. The first-order valence-electron chi connectivity index (χ1n) is 12.4. The Kier molecular flexibility index (Phi) is 6.06. The summed E-state index contributed by atoms with van der Waals surface area (Å²) in [5, 5.41) is 7.24. The Labute approximate surface area is 219 Å². The molecule has 0 saturated heterocycles. The van der Waals surface area contributed by atoms with Crippen LogP contribution in [0.25, 0.3) is 16.9 Å². The molecule has 6 rings (SSSR count). The molecule has 184 valence electrons. The lowest BCUT2D eigenvalue weighted by atomic mass is 9.90. The third-order valence-corrected chi connectivity index (χ3v) is 7.71. The molecule has 0 fully saturated rings. The van der Waals surface area contributed by atoms with Crippen molar-refractivity contribution in [1.29, 1.82) is 0 Å². The molecule has 0 N–H and O–H groups in total. The molecule has 37 heavy (non-hydrogen) atoms. The lowest BCUT2D eigenvalue weighted by Gasteiger charge is -2.18. The van der Waals surface area contributed by atoms with Gasteiger partial charge in [-0.3, -0.25) is 9.48 Å². The molecule has 0 bridgehead atoms. The quantitative estimate of drug-likeness (QED) is 0.303. The molecule has 0 atom stereocenters. The van der Waals surface area contributed by atoms with E-state index in [1.165, 1.54) is 22.5 Å². The van der Waals surface area contributed by atoms with Crippen LogP contribution in [0.5, 0.6) is 0 Å². The van der Waals surface area contributed by atoms with Crippen molar-refractivity contribution < 1.29 is 0 Å². The normalized spacial score (nSPS) is 14.8. The summed E-state index contributed by atoms with van der Waals surface area (Å²) in [7, 11) is 1.89. The fourth-order valence-corrected chi connectivity index (χ4v) is 5.72. The van der Waals surface area contributed by atoms with Gasteiger partial charge in [-0.15, -0.1) is 11.3 Å². The van der Waals surface area contributed by atoms with Crippen molar-refractivity contribution in [2.24, 2.45) is 17.1 Å². The third kappa shape index (κ3) is 4.21. The number of thiazole rings is 1. The molecule has 2 heterocycles. The number of nitrogens with zero attached hydrogens (tertiary/aromatic N) is 5. The number of para-hydroxylation sites is 1. The number of aromatic nitrogens is 3. The molecule has 3 aromatic carbocycles. The number of aryl methyl sites for hydroxylation is 1. The summed E-state index contributed by atoms with van der Waals surface area (Å²) in [6, 6.07) is 28.4. The zero-order chi connectivity index (χ0) is 25.4. The minimum Gasteiger partial charge on any atom is -0.283 e. The van der Waals surface area contributed by atoms with Gasteiger partial charge in [0, 0.05) is 23.6 Å². The zero-order valence-corrected chi connectivity index (χ0v) is 21.7. The van der Waals surface area contributed by atoms with Gasteiger partial charge in [0.25, 0.3) is 5.56 Å². The highest BCUT2D eigenvalue weighted by Crippen LogP contribution is 2.25. The van der Waals surface area contributed by atoms with Crippen LogP contribution in [0.1, 0.15) is 29.7 Å². The van der Waals surface area contributed by atoms with E-state index < -0.39 is 0 Å². The summed E-state index contributed by atoms with van der Waals surface area (Å²) in [4.78, 5) is 19.2. The summed E-state index contributed by atoms with van der Waals surface area (Å²) in [5.41, 5.74) is 7.46. The van der Waals surface area contributed by atoms with E-state index in [2.05, 4.69) is 41.8 Å². The zero-order valence-electron chi connectivity index (χ0n) is 20.8. The monoisotopic (exact) mass is 505 g/mol. The van der Waals surface area contributed by atoms with E-state index in [0.717, 1.165) is 47.6 Å². The molecule has 0 aliphatic heterocycles. The lowest BCUT2D eigenvalue weighted by Crippen LogP contribution is -2.20. The van der Waals surface area contributed by atoms with Crippen molar-refractivity contribution >= 4 is 22.7 Å². The first-order valence-corrected chi connectivity index (χ1v) is 13.3. The molecule has 1 aliphatic rings. The van der Waals surface area contributed by atoms with Crippen molar-refractivity contribution in [3.63, 3.8) is 0 Å². The maximum atomic E-state index is 13.6. The summed E-state index contributed by atoms with van der Waals surface area (Å²) in [6.45, 7) is 1.93. The average Bonchev–Trinajstić information content (AvgIpc) is 3.43. The van der Waals surface area contributed by atoms with Gasteiger partial charge in [-0.2, -0.15) is 5.10 Å². The van der Waals surface area contributed by atoms with Gasteiger partial charge in [0.2, 0.25) is 4.80 Å². The molecule has 6 nitrogen and oxygen atoms in total. The molecular formula is C30H27N5OS. The van der Waals surface area contributed by atoms with Gasteiger partial charge in [0.05, 0.1) is 22.8 Å². The van der Waals surface area contributed by atoms with Crippen LogP contribution in [0.3, 0.4) is 0 Å². The first-order chi connectivity index (χ1) is 18.1. The number of rotatable bonds is 4. The molecule has 2 aromatic heterocycles. The van der Waals surface area contributed by atoms with Gasteiger partial charge in [0.1, 0.15) is 0 Å². The first kappa shape index (κ1) is 23.2. The predicted octanol–water partition coefficient (Wildman–Crippen LogP) is 5.84. The number of hydrogen-bond acceptors (Lipinski definition) is 4. The Morgan fingerprint density at radius 1 is 0.865 bits per heavy atom. The summed E-state index contributed by atoms with van der Waals surface area (Å²) in [6.07, 6.45) is 3.03. The van der Waals surface area contributed by atoms with Crippen molar-refractivity contribution in [3.8, 4) is 16.9 Å². The number of fused-ring (bicyclic) bond motifs is 1. The van der Waals surface area contributed by atoms with Crippen LogP contribution in [0, 0.1) is 6.92 Å². The van der Waals surface area contributed by atoms with E-state index in [1.54, 1.807) is 4.68 Å². The lowest BCUT2D eigenvalue weighted by molar-refractivity contribution is 0.630. The molecule has 5 aromatic rings. The van der Waals surface area contributed by atoms with E-state index in [-0.39, 0.29) is 5.56 Å². The highest BCUT2D eigenvalue weighted by Gasteiger charge is 2.19. The van der Waals surface area contributed by atoms with Crippen LogP contribution in [0.15, 0.2) is 105 Å². The SMILES string of the molecule is Cc1c(N=c2scc(-c3ccccc3)n2N=C2CCCc3ccccc32)c(=O)n(-c2ccccc2)n1C. The molecule has 7 heteroatoms. The summed E-state index contributed by atoms with van der Waals surface area (Å²) in [5.74, 6) is 0. The van der Waals surface area contributed by atoms with Crippen LogP contribution in [-0.4, -0.2) is 19.8 Å². The minimum atomic E-state index is -0.150. The van der Waals surface area contributed by atoms with Gasteiger partial charge < -0.3 is 0 Å². The highest BCUT2D eigenvalue weighted by atomic mass is 32.1. The van der Waals surface area contributed by atoms with Crippen LogP contribution in [-0.2, 0) is 13.5 Å². The van der Waals surface area contributed by atoms with Crippen molar-refractivity contribution in [2.45, 2.75) is 26.2 Å². The molecule has 0 unspecified atom stereocenters. The van der Waals surface area contributed by atoms with Crippen LogP contribution in [0.2, 0.25) is 0 Å². The average molecular weight is 506 g/mol. The van der Waals surface area contributed by atoms with Crippen molar-refractivity contribution in [1.82, 2.24) is 14.0 Å². The van der Waals surface area contributed by atoms with Gasteiger partial charge in [-0.05, 0) is 43.9 Å². The smallest absolute Gasteiger partial charge is 0.283 e. The highest BCUT2D eigenvalue weighted by molar-refractivity contribution is 7.07. The molecule has 0 saturated carbocycles. The van der Waals surface area contributed by atoms with Crippen molar-refractivity contribution in [3.05, 3.63) is 122 Å². The molecule has 0 amide bonds. The third-order valence-electron chi connectivity index (χ3n) is 6.89. The summed E-state index contributed by atoms with van der Waals surface area (Å²) >= 11 is 1.50. The topological polar surface area (TPSA) is 56.6 Å². The van der Waals surface area contributed by atoms with Gasteiger partial charge in [-0.1, -0.05) is 72.8 Å². The van der Waals surface area contributed by atoms with E-state index in [0.29, 0.717) is 10.5 Å². The fourth-order valence-electron chi connectivity index (χ4n) is 4.88. The Morgan fingerprint density at radius 3 is 2.35 bits per heavy atom. The Morgan fingerprint density at radius 2 is 1.57 bits per heavy atom. The predicted molar refractivity (Wildman–Crippen MR) is 150 cm³/mol. The van der Waals surface area contributed by atoms with Gasteiger partial charge >= 0.3 is 0 Å². The summed E-state index contributed by atoms with van der Waals surface area (Å²) < 4.78 is 5.43. The van der Waals surface area contributed by atoms with E-state index >= 15 is 0 Å². The second-order valence-corrected chi connectivity index (χ2v) is 10.00. The van der Waals surface area contributed by atoms with Crippen molar-refractivity contribution in [2.75, 3.05) is 0 Å². The van der Waals surface area contributed by atoms with E-state index in [9.17, 15) is 4.79 Å². The van der Waals surface area contributed by atoms with Gasteiger partial charge in [0.15, 0.2) is 5.69 Å². The van der Waals surface area contributed by atoms with Crippen LogP contribution < -0.4 is 10.4 Å².